The Morgan fingerprint density at radius 2 is 2.20 bits per heavy atom. The average molecular weight is 282 g/mol. The summed E-state index contributed by atoms with van der Waals surface area (Å²) in [7, 11) is 1.06. The minimum Gasteiger partial charge on any atom is -0.465 e. The molecule has 4 nitrogen and oxygen atoms in total. The number of esters is 1. The highest BCUT2D eigenvalue weighted by atomic mass is 79.9. The lowest BCUT2D eigenvalue weighted by atomic mass is 10.2. The molecule has 1 aromatic rings. The van der Waals surface area contributed by atoms with Crippen LogP contribution in [0.4, 0.5) is 8.78 Å². The fraction of sp³-hybridized carbons (Fsp3) is 0.250. The fourth-order valence-corrected chi connectivity index (χ4v) is 1.60. The number of hydrogen-bond acceptors (Lipinski definition) is 3. The second-order valence-corrected chi connectivity index (χ2v) is 3.42. The van der Waals surface area contributed by atoms with Crippen molar-refractivity contribution in [3.8, 4) is 0 Å². The van der Waals surface area contributed by atoms with Crippen LogP contribution in [0.3, 0.4) is 0 Å². The molecule has 1 aromatic heterocycles. The number of methoxy groups -OCH3 is 1. The molecule has 0 aromatic carbocycles. The van der Waals surface area contributed by atoms with Crippen molar-refractivity contribution in [3.05, 3.63) is 32.2 Å². The maximum atomic E-state index is 12.5. The molecule has 1 heterocycles. The summed E-state index contributed by atoms with van der Waals surface area (Å²) in [6, 6.07) is 0.984. The average Bonchev–Trinajstić information content (AvgIpc) is 2.15. The van der Waals surface area contributed by atoms with Crippen LogP contribution < -0.4 is 5.56 Å². The smallest absolute Gasteiger partial charge is 0.341 e. The van der Waals surface area contributed by atoms with Crippen molar-refractivity contribution in [1.82, 2.24) is 4.98 Å². The number of carbonyl (C=O) groups is 1. The largest absolute Gasteiger partial charge is 0.465 e. The third-order valence-corrected chi connectivity index (χ3v) is 2.26. The number of ether oxygens (including phenoxy) is 1. The molecule has 0 unspecified atom stereocenters. The number of alkyl halides is 2. The molecule has 0 bridgehead atoms. The first-order valence-corrected chi connectivity index (χ1v) is 4.56. The molecule has 0 radical (unpaired) electrons. The van der Waals surface area contributed by atoms with Crippen molar-refractivity contribution in [3.63, 3.8) is 0 Å². The topological polar surface area (TPSA) is 59.2 Å². The predicted molar refractivity (Wildman–Crippen MR) is 51.1 cm³/mol. The van der Waals surface area contributed by atoms with E-state index in [1.54, 1.807) is 0 Å². The third-order valence-electron chi connectivity index (χ3n) is 1.63. The van der Waals surface area contributed by atoms with E-state index in [4.69, 9.17) is 0 Å². The van der Waals surface area contributed by atoms with Gasteiger partial charge in [0.1, 0.15) is 5.69 Å². The summed E-state index contributed by atoms with van der Waals surface area (Å²) in [5, 5.41) is 0. The summed E-state index contributed by atoms with van der Waals surface area (Å²) in [4.78, 5) is 24.0. The first-order chi connectivity index (χ1) is 6.97. The summed E-state index contributed by atoms with van der Waals surface area (Å²) in [6.45, 7) is 0. The van der Waals surface area contributed by atoms with Crippen LogP contribution in [0.25, 0.3) is 0 Å². The Balaban J connectivity index is 3.47. The molecule has 0 amide bonds. The van der Waals surface area contributed by atoms with E-state index in [1.807, 2.05) is 4.98 Å². The Kier molecular flexibility index (Phi) is 3.57. The maximum absolute atomic E-state index is 12.5. The molecule has 15 heavy (non-hydrogen) atoms. The SMILES string of the molecule is COC(=O)c1c(Br)cc(=O)[nH]c1C(F)F. The lowest BCUT2D eigenvalue weighted by Crippen LogP contribution is -2.16. The zero-order valence-electron chi connectivity index (χ0n) is 7.51. The van der Waals surface area contributed by atoms with Gasteiger partial charge in [-0.1, -0.05) is 0 Å². The molecule has 0 aliphatic heterocycles. The van der Waals surface area contributed by atoms with E-state index < -0.39 is 23.6 Å². The van der Waals surface area contributed by atoms with Gasteiger partial charge in [-0.25, -0.2) is 13.6 Å². The van der Waals surface area contributed by atoms with Gasteiger partial charge in [-0.15, -0.1) is 0 Å². The number of rotatable bonds is 2. The first kappa shape index (κ1) is 11.8. The highest BCUT2D eigenvalue weighted by molar-refractivity contribution is 9.10. The van der Waals surface area contributed by atoms with Gasteiger partial charge in [0.15, 0.2) is 0 Å². The van der Waals surface area contributed by atoms with Gasteiger partial charge in [0.25, 0.3) is 6.43 Å². The maximum Gasteiger partial charge on any atom is 0.341 e. The molecule has 0 fully saturated rings. The van der Waals surface area contributed by atoms with Crippen molar-refractivity contribution in [2.45, 2.75) is 6.43 Å². The van der Waals surface area contributed by atoms with Crippen LogP contribution in [0.5, 0.6) is 0 Å². The second-order valence-electron chi connectivity index (χ2n) is 2.56. The second kappa shape index (κ2) is 4.52. The molecule has 0 aliphatic rings. The normalized spacial score (nSPS) is 10.5. The van der Waals surface area contributed by atoms with Gasteiger partial charge in [-0.2, -0.15) is 0 Å². The molecule has 0 spiro atoms. The Hall–Kier alpha value is -1.24. The third kappa shape index (κ3) is 2.41. The van der Waals surface area contributed by atoms with E-state index in [-0.39, 0.29) is 10.0 Å². The van der Waals surface area contributed by atoms with Gasteiger partial charge in [0.05, 0.1) is 12.7 Å². The van der Waals surface area contributed by atoms with Gasteiger partial charge in [-0.05, 0) is 15.9 Å². The summed E-state index contributed by atoms with van der Waals surface area (Å²) < 4.78 is 29.3. The van der Waals surface area contributed by atoms with Crippen LogP contribution >= 0.6 is 15.9 Å². The zero-order valence-corrected chi connectivity index (χ0v) is 9.10. The summed E-state index contributed by atoms with van der Waals surface area (Å²) in [5.41, 5.74) is -1.84. The van der Waals surface area contributed by atoms with E-state index in [9.17, 15) is 18.4 Å². The van der Waals surface area contributed by atoms with E-state index in [2.05, 4.69) is 20.7 Å². The van der Waals surface area contributed by atoms with Crippen LogP contribution in [0.1, 0.15) is 22.5 Å². The first-order valence-electron chi connectivity index (χ1n) is 3.76. The molecule has 82 valence electrons. The van der Waals surface area contributed by atoms with Crippen molar-refractivity contribution in [2.75, 3.05) is 7.11 Å². The molecule has 1 rings (SSSR count). The van der Waals surface area contributed by atoms with E-state index in [0.717, 1.165) is 13.2 Å². The van der Waals surface area contributed by atoms with Crippen LogP contribution in [-0.4, -0.2) is 18.1 Å². The van der Waals surface area contributed by atoms with Crippen molar-refractivity contribution >= 4 is 21.9 Å². The highest BCUT2D eigenvalue weighted by Gasteiger charge is 2.23. The molecule has 0 aliphatic carbocycles. The van der Waals surface area contributed by atoms with Crippen molar-refractivity contribution < 1.29 is 18.3 Å². The van der Waals surface area contributed by atoms with E-state index in [0.29, 0.717) is 0 Å². The summed E-state index contributed by atoms with van der Waals surface area (Å²) in [6.07, 6.45) is -2.95. The zero-order chi connectivity index (χ0) is 11.6. The number of halogens is 3. The summed E-state index contributed by atoms with van der Waals surface area (Å²) >= 11 is 2.85. The summed E-state index contributed by atoms with van der Waals surface area (Å²) in [5.74, 6) is -0.937. The predicted octanol–water partition coefficient (Wildman–Crippen LogP) is 1.86. The number of aromatic amines is 1. The highest BCUT2D eigenvalue weighted by Crippen LogP contribution is 2.25. The molecular formula is C8H6BrF2NO3. The lowest BCUT2D eigenvalue weighted by Gasteiger charge is -2.07. The Labute approximate surface area is 91.4 Å². The number of carbonyl (C=O) groups excluding carboxylic acids is 1. The van der Waals surface area contributed by atoms with E-state index in [1.165, 1.54) is 0 Å². The molecule has 0 saturated heterocycles. The minimum absolute atomic E-state index is 0.0200. The lowest BCUT2D eigenvalue weighted by molar-refractivity contribution is 0.0585. The Morgan fingerprint density at radius 3 is 2.67 bits per heavy atom. The quantitative estimate of drug-likeness (QED) is 0.842. The number of H-pyrrole nitrogens is 1. The van der Waals surface area contributed by atoms with Gasteiger partial charge in [-0.3, -0.25) is 4.79 Å². The molecule has 7 heteroatoms. The number of nitrogens with one attached hydrogen (secondary N) is 1. The molecule has 0 saturated carbocycles. The Morgan fingerprint density at radius 1 is 1.60 bits per heavy atom. The Bertz CT molecular complexity index is 444. The standard InChI is InChI=1S/C8H6BrF2NO3/c1-15-8(14)5-3(9)2-4(13)12-6(5)7(10)11/h2,7H,1H3,(H,12,13). The van der Waals surface area contributed by atoms with E-state index >= 15 is 0 Å². The van der Waals surface area contributed by atoms with Crippen LogP contribution in [0.2, 0.25) is 0 Å². The van der Waals surface area contributed by atoms with Crippen LogP contribution in [0, 0.1) is 0 Å². The van der Waals surface area contributed by atoms with Gasteiger partial charge in [0.2, 0.25) is 5.56 Å². The van der Waals surface area contributed by atoms with Crippen molar-refractivity contribution in [2.24, 2.45) is 0 Å². The minimum atomic E-state index is -2.95. The monoisotopic (exact) mass is 281 g/mol. The van der Waals surface area contributed by atoms with Crippen molar-refractivity contribution in [1.29, 1.82) is 0 Å². The van der Waals surface area contributed by atoms with Gasteiger partial charge in [0, 0.05) is 10.5 Å². The van der Waals surface area contributed by atoms with Crippen LogP contribution in [0.15, 0.2) is 15.3 Å². The van der Waals surface area contributed by atoms with Gasteiger partial charge >= 0.3 is 5.97 Å². The number of pyridine rings is 1. The number of hydrogen-bond donors (Lipinski definition) is 1. The number of aromatic nitrogens is 1. The molecular weight excluding hydrogens is 276 g/mol. The molecule has 0 atom stereocenters. The van der Waals surface area contributed by atoms with Crippen LogP contribution in [-0.2, 0) is 4.74 Å². The van der Waals surface area contributed by atoms with Gasteiger partial charge < -0.3 is 9.72 Å². The fourth-order valence-electron chi connectivity index (χ4n) is 1.02. The molecule has 1 N–H and O–H groups in total.